The average molecular weight is 519 g/mol. The van der Waals surface area contributed by atoms with Crippen molar-refractivity contribution in [2.75, 3.05) is 13.2 Å². The van der Waals surface area contributed by atoms with Gasteiger partial charge in [-0.1, -0.05) is 94.3 Å². The van der Waals surface area contributed by atoms with Gasteiger partial charge in [0.05, 0.1) is 13.2 Å². The predicted molar refractivity (Wildman–Crippen MR) is 152 cm³/mol. The topological polar surface area (TPSA) is 71.1 Å². The summed E-state index contributed by atoms with van der Waals surface area (Å²) in [5.74, 6) is 0.741. The van der Waals surface area contributed by atoms with Gasteiger partial charge in [-0.05, 0) is 43.7 Å². The molecule has 0 aliphatic heterocycles. The van der Waals surface area contributed by atoms with Crippen molar-refractivity contribution >= 4 is 33.9 Å². The van der Waals surface area contributed by atoms with Crippen LogP contribution in [0.4, 0.5) is 9.59 Å². The fourth-order valence-electron chi connectivity index (χ4n) is 4.04. The average Bonchev–Trinajstić information content (AvgIpc) is 2.94. The number of hydrogen-bond donors (Lipinski definition) is 0. The van der Waals surface area contributed by atoms with Crippen LogP contribution in [0, 0.1) is 0 Å². The predicted octanol–water partition coefficient (Wildman–Crippen LogP) is 9.08. The molecule has 0 amide bonds. The fourth-order valence-corrected chi connectivity index (χ4v) is 4.04. The first-order chi connectivity index (χ1) is 18.6. The van der Waals surface area contributed by atoms with E-state index in [0.29, 0.717) is 45.9 Å². The minimum Gasteiger partial charge on any atom is -0.434 e. The molecule has 0 unspecified atom stereocenters. The number of rotatable bonds is 13. The van der Waals surface area contributed by atoms with Gasteiger partial charge < -0.3 is 18.9 Å². The van der Waals surface area contributed by atoms with Gasteiger partial charge in [-0.25, -0.2) is 9.59 Å². The monoisotopic (exact) mass is 518 g/mol. The first-order valence-electron chi connectivity index (χ1n) is 13.6. The van der Waals surface area contributed by atoms with E-state index in [4.69, 9.17) is 18.9 Å². The Morgan fingerprint density at radius 1 is 0.632 bits per heavy atom. The molecule has 38 heavy (non-hydrogen) atoms. The van der Waals surface area contributed by atoms with Gasteiger partial charge in [0.15, 0.2) is 0 Å². The summed E-state index contributed by atoms with van der Waals surface area (Å²) in [6.07, 6.45) is 12.8. The SMILES string of the molecule is CCC/C=C/CCOC(=O)Oc1c2ccccc2c(OC(=O)OCC/C=C/CCC)c2cc(CC)ccc12. The van der Waals surface area contributed by atoms with Crippen molar-refractivity contribution in [3.63, 3.8) is 0 Å². The highest BCUT2D eigenvalue weighted by atomic mass is 16.7. The van der Waals surface area contributed by atoms with Crippen molar-refractivity contribution in [1.82, 2.24) is 0 Å². The maximum atomic E-state index is 12.6. The summed E-state index contributed by atoms with van der Waals surface area (Å²) in [4.78, 5) is 25.2. The highest BCUT2D eigenvalue weighted by molar-refractivity contribution is 6.12. The summed E-state index contributed by atoms with van der Waals surface area (Å²) in [6, 6.07) is 13.2. The number of aryl methyl sites for hydroxylation is 1. The number of ether oxygens (including phenoxy) is 4. The van der Waals surface area contributed by atoms with Gasteiger partial charge in [0.1, 0.15) is 11.5 Å². The zero-order chi connectivity index (χ0) is 27.2. The van der Waals surface area contributed by atoms with E-state index < -0.39 is 12.3 Å². The zero-order valence-corrected chi connectivity index (χ0v) is 22.7. The number of carbonyl (C=O) groups excluding carboxylic acids is 2. The third-order valence-corrected chi connectivity index (χ3v) is 6.02. The summed E-state index contributed by atoms with van der Waals surface area (Å²) in [5.41, 5.74) is 1.06. The molecule has 0 atom stereocenters. The normalized spacial score (nSPS) is 11.4. The van der Waals surface area contributed by atoms with E-state index in [9.17, 15) is 9.59 Å². The van der Waals surface area contributed by atoms with Crippen LogP contribution in [0.15, 0.2) is 66.8 Å². The van der Waals surface area contributed by atoms with E-state index in [1.807, 2.05) is 61.5 Å². The van der Waals surface area contributed by atoms with Crippen molar-refractivity contribution in [2.24, 2.45) is 0 Å². The molecule has 0 radical (unpaired) electrons. The van der Waals surface area contributed by atoms with Crippen LogP contribution in [0.25, 0.3) is 21.5 Å². The first kappa shape index (κ1) is 28.8. The number of allylic oxidation sites excluding steroid dienone is 2. The van der Waals surface area contributed by atoms with Gasteiger partial charge in [0, 0.05) is 21.5 Å². The molecule has 0 saturated heterocycles. The Hall–Kier alpha value is -3.80. The number of fused-ring (bicyclic) bond motifs is 2. The van der Waals surface area contributed by atoms with E-state index in [0.717, 1.165) is 37.7 Å². The van der Waals surface area contributed by atoms with Crippen LogP contribution >= 0.6 is 0 Å². The van der Waals surface area contributed by atoms with E-state index in [1.54, 1.807) is 0 Å². The molecule has 3 rings (SSSR count). The number of unbranched alkanes of at least 4 members (excludes halogenated alkanes) is 2. The van der Waals surface area contributed by atoms with Gasteiger partial charge in [-0.2, -0.15) is 0 Å². The van der Waals surface area contributed by atoms with Crippen LogP contribution in [0.3, 0.4) is 0 Å². The quantitative estimate of drug-likeness (QED) is 0.0739. The minimum absolute atomic E-state index is 0.232. The van der Waals surface area contributed by atoms with Crippen LogP contribution in [0.1, 0.15) is 64.9 Å². The highest BCUT2D eigenvalue weighted by Crippen LogP contribution is 2.43. The van der Waals surface area contributed by atoms with Crippen LogP contribution in [0.5, 0.6) is 11.5 Å². The Labute approximate surface area is 225 Å². The Morgan fingerprint density at radius 2 is 1.11 bits per heavy atom. The Kier molecular flexibility index (Phi) is 11.7. The molecule has 0 bridgehead atoms. The lowest BCUT2D eigenvalue weighted by atomic mass is 9.98. The summed E-state index contributed by atoms with van der Waals surface area (Å²) in [5, 5.41) is 2.58. The molecule has 202 valence electrons. The Bertz CT molecular complexity index is 1270. The van der Waals surface area contributed by atoms with Gasteiger partial charge >= 0.3 is 12.3 Å². The van der Waals surface area contributed by atoms with Crippen molar-refractivity contribution in [3.8, 4) is 11.5 Å². The molecule has 0 aromatic heterocycles. The van der Waals surface area contributed by atoms with Crippen molar-refractivity contribution in [2.45, 2.75) is 65.7 Å². The standard InChI is InChI=1S/C32H38O6/c1-4-7-9-11-15-21-35-31(33)37-29-25-17-13-14-18-26(25)30(28-23-24(6-3)19-20-27(28)29)38-32(34)36-22-16-12-10-8-5-2/h9-14,17-20,23H,4-8,15-16,21-22H2,1-3H3/b11-9+,12-10+. The lowest BCUT2D eigenvalue weighted by Crippen LogP contribution is -2.13. The Balaban J connectivity index is 1.88. The molecule has 0 saturated carbocycles. The lowest BCUT2D eigenvalue weighted by molar-refractivity contribution is 0.0999. The third kappa shape index (κ3) is 8.10. The number of hydrogen-bond acceptors (Lipinski definition) is 6. The van der Waals surface area contributed by atoms with Gasteiger partial charge in [-0.3, -0.25) is 0 Å². The van der Waals surface area contributed by atoms with Crippen LogP contribution < -0.4 is 9.47 Å². The van der Waals surface area contributed by atoms with Crippen molar-refractivity contribution in [3.05, 3.63) is 72.3 Å². The summed E-state index contributed by atoms with van der Waals surface area (Å²) < 4.78 is 22.2. The second-order valence-electron chi connectivity index (χ2n) is 8.94. The van der Waals surface area contributed by atoms with Gasteiger partial charge in [0.25, 0.3) is 0 Å². The van der Waals surface area contributed by atoms with E-state index >= 15 is 0 Å². The molecule has 3 aromatic rings. The van der Waals surface area contributed by atoms with Crippen LogP contribution in [-0.4, -0.2) is 25.5 Å². The smallest absolute Gasteiger partial charge is 0.434 e. The maximum absolute atomic E-state index is 12.6. The van der Waals surface area contributed by atoms with E-state index in [-0.39, 0.29) is 13.2 Å². The van der Waals surface area contributed by atoms with Crippen molar-refractivity contribution in [1.29, 1.82) is 0 Å². The van der Waals surface area contributed by atoms with Crippen LogP contribution in [-0.2, 0) is 15.9 Å². The van der Waals surface area contributed by atoms with Gasteiger partial charge in [0.2, 0.25) is 0 Å². The first-order valence-corrected chi connectivity index (χ1v) is 13.6. The lowest BCUT2D eigenvalue weighted by Gasteiger charge is -2.17. The number of benzene rings is 3. The molecular formula is C32H38O6. The van der Waals surface area contributed by atoms with E-state index in [1.165, 1.54) is 0 Å². The molecule has 3 aromatic carbocycles. The molecule has 0 aliphatic carbocycles. The molecule has 0 aliphatic rings. The Morgan fingerprint density at radius 3 is 1.61 bits per heavy atom. The van der Waals surface area contributed by atoms with E-state index in [2.05, 4.69) is 26.0 Å². The molecule has 0 spiro atoms. The molecule has 0 fully saturated rings. The van der Waals surface area contributed by atoms with Crippen LogP contribution in [0.2, 0.25) is 0 Å². The summed E-state index contributed by atoms with van der Waals surface area (Å²) in [6.45, 7) is 6.74. The second kappa shape index (κ2) is 15.5. The third-order valence-electron chi connectivity index (χ3n) is 6.02. The molecule has 0 heterocycles. The largest absolute Gasteiger partial charge is 0.513 e. The fraction of sp³-hybridized carbons (Fsp3) is 0.375. The molecular weight excluding hydrogens is 480 g/mol. The zero-order valence-electron chi connectivity index (χ0n) is 22.7. The van der Waals surface area contributed by atoms with Crippen molar-refractivity contribution < 1.29 is 28.5 Å². The number of carbonyl (C=O) groups is 2. The summed E-state index contributed by atoms with van der Waals surface area (Å²) in [7, 11) is 0. The van der Waals surface area contributed by atoms with Gasteiger partial charge in [-0.15, -0.1) is 0 Å². The molecule has 0 N–H and O–H groups in total. The molecule has 6 heteroatoms. The highest BCUT2D eigenvalue weighted by Gasteiger charge is 2.21. The maximum Gasteiger partial charge on any atom is 0.513 e. The molecule has 6 nitrogen and oxygen atoms in total. The minimum atomic E-state index is -0.774. The second-order valence-corrected chi connectivity index (χ2v) is 8.94. The summed E-state index contributed by atoms with van der Waals surface area (Å²) >= 11 is 0.